The SMILES string of the molecule is CCCc1nc2ccc(C)cn2c1C(=O)Nc1cccc(NC(C)=O)c1. The smallest absolute Gasteiger partial charge is 0.274 e. The molecule has 0 aliphatic carbocycles. The second-order valence-electron chi connectivity index (χ2n) is 6.31. The molecule has 2 aromatic heterocycles. The summed E-state index contributed by atoms with van der Waals surface area (Å²) in [7, 11) is 0. The third kappa shape index (κ3) is 3.74. The summed E-state index contributed by atoms with van der Waals surface area (Å²) >= 11 is 0. The lowest BCUT2D eigenvalue weighted by molar-refractivity contribution is -0.114. The van der Waals surface area contributed by atoms with Crippen LogP contribution in [0.15, 0.2) is 42.6 Å². The molecule has 6 nitrogen and oxygen atoms in total. The van der Waals surface area contributed by atoms with Gasteiger partial charge in [-0.05, 0) is 43.2 Å². The van der Waals surface area contributed by atoms with E-state index in [0.717, 1.165) is 29.7 Å². The third-order valence-electron chi connectivity index (χ3n) is 3.98. The topological polar surface area (TPSA) is 75.5 Å². The second-order valence-corrected chi connectivity index (χ2v) is 6.31. The van der Waals surface area contributed by atoms with Crippen LogP contribution in [-0.2, 0) is 11.2 Å². The summed E-state index contributed by atoms with van der Waals surface area (Å²) in [6.45, 7) is 5.49. The van der Waals surface area contributed by atoms with Crippen molar-refractivity contribution in [2.75, 3.05) is 10.6 Å². The fourth-order valence-corrected chi connectivity index (χ4v) is 2.92. The van der Waals surface area contributed by atoms with Crippen molar-refractivity contribution in [3.63, 3.8) is 0 Å². The van der Waals surface area contributed by atoms with Crippen LogP contribution in [0, 0.1) is 6.92 Å². The first kappa shape index (κ1) is 17.7. The molecule has 0 spiro atoms. The molecule has 0 fully saturated rings. The van der Waals surface area contributed by atoms with Crippen LogP contribution in [0.3, 0.4) is 0 Å². The molecule has 0 saturated carbocycles. The van der Waals surface area contributed by atoms with E-state index in [4.69, 9.17) is 0 Å². The molecular formula is C20H22N4O2. The van der Waals surface area contributed by atoms with E-state index in [2.05, 4.69) is 22.5 Å². The van der Waals surface area contributed by atoms with E-state index >= 15 is 0 Å². The van der Waals surface area contributed by atoms with E-state index in [9.17, 15) is 9.59 Å². The van der Waals surface area contributed by atoms with Gasteiger partial charge >= 0.3 is 0 Å². The summed E-state index contributed by atoms with van der Waals surface area (Å²) in [5.74, 6) is -0.373. The van der Waals surface area contributed by atoms with Crippen LogP contribution in [0.25, 0.3) is 5.65 Å². The molecule has 0 unspecified atom stereocenters. The van der Waals surface area contributed by atoms with Gasteiger partial charge in [0.1, 0.15) is 11.3 Å². The number of anilines is 2. The zero-order chi connectivity index (χ0) is 18.7. The summed E-state index contributed by atoms with van der Waals surface area (Å²) in [5, 5.41) is 5.63. The summed E-state index contributed by atoms with van der Waals surface area (Å²) < 4.78 is 1.84. The third-order valence-corrected chi connectivity index (χ3v) is 3.98. The molecule has 0 aliphatic heterocycles. The number of imidazole rings is 1. The van der Waals surface area contributed by atoms with E-state index < -0.39 is 0 Å². The molecule has 2 amide bonds. The van der Waals surface area contributed by atoms with Crippen molar-refractivity contribution in [1.29, 1.82) is 0 Å². The highest BCUT2D eigenvalue weighted by atomic mass is 16.2. The van der Waals surface area contributed by atoms with Crippen molar-refractivity contribution in [2.24, 2.45) is 0 Å². The van der Waals surface area contributed by atoms with E-state index in [-0.39, 0.29) is 11.8 Å². The van der Waals surface area contributed by atoms with Crippen LogP contribution in [-0.4, -0.2) is 21.2 Å². The molecule has 0 bridgehead atoms. The number of nitrogens with zero attached hydrogens (tertiary/aromatic N) is 2. The monoisotopic (exact) mass is 350 g/mol. The molecular weight excluding hydrogens is 328 g/mol. The van der Waals surface area contributed by atoms with Gasteiger partial charge in [0.05, 0.1) is 5.69 Å². The van der Waals surface area contributed by atoms with Gasteiger partial charge in [0, 0.05) is 24.5 Å². The number of benzene rings is 1. The molecule has 26 heavy (non-hydrogen) atoms. The maximum atomic E-state index is 13.0. The minimum atomic E-state index is -0.216. The molecule has 3 rings (SSSR count). The van der Waals surface area contributed by atoms with Crippen LogP contribution in [0.2, 0.25) is 0 Å². The van der Waals surface area contributed by atoms with Crippen LogP contribution in [0.4, 0.5) is 11.4 Å². The number of aryl methyl sites for hydroxylation is 2. The quantitative estimate of drug-likeness (QED) is 0.735. The highest BCUT2D eigenvalue weighted by Crippen LogP contribution is 2.20. The first-order chi connectivity index (χ1) is 12.5. The van der Waals surface area contributed by atoms with E-state index in [0.29, 0.717) is 17.1 Å². The number of fused-ring (bicyclic) bond motifs is 1. The zero-order valence-corrected chi connectivity index (χ0v) is 15.2. The largest absolute Gasteiger partial charge is 0.326 e. The number of rotatable bonds is 5. The van der Waals surface area contributed by atoms with Crippen molar-refractivity contribution in [3.8, 4) is 0 Å². The van der Waals surface area contributed by atoms with E-state index in [1.165, 1.54) is 6.92 Å². The molecule has 0 aliphatic rings. The lowest BCUT2D eigenvalue weighted by Crippen LogP contribution is -2.17. The highest BCUT2D eigenvalue weighted by molar-refractivity contribution is 6.05. The average Bonchev–Trinajstić information content (AvgIpc) is 2.92. The highest BCUT2D eigenvalue weighted by Gasteiger charge is 2.19. The summed E-state index contributed by atoms with van der Waals surface area (Å²) in [4.78, 5) is 28.8. The zero-order valence-electron chi connectivity index (χ0n) is 15.2. The Hall–Kier alpha value is -3.15. The van der Waals surface area contributed by atoms with Gasteiger partial charge in [-0.3, -0.25) is 14.0 Å². The predicted molar refractivity (Wildman–Crippen MR) is 103 cm³/mol. The fourth-order valence-electron chi connectivity index (χ4n) is 2.92. The van der Waals surface area contributed by atoms with Gasteiger partial charge in [0.2, 0.25) is 5.91 Å². The number of hydrogen-bond donors (Lipinski definition) is 2. The van der Waals surface area contributed by atoms with Gasteiger partial charge in [0.25, 0.3) is 5.91 Å². The van der Waals surface area contributed by atoms with Crippen molar-refractivity contribution in [2.45, 2.75) is 33.6 Å². The Bertz CT molecular complexity index is 975. The predicted octanol–water partition coefficient (Wildman–Crippen LogP) is 3.81. The van der Waals surface area contributed by atoms with Gasteiger partial charge in [-0.15, -0.1) is 0 Å². The Morgan fingerprint density at radius 1 is 1.12 bits per heavy atom. The molecule has 0 saturated heterocycles. The number of carbonyl (C=O) groups is 2. The first-order valence-corrected chi connectivity index (χ1v) is 8.64. The maximum Gasteiger partial charge on any atom is 0.274 e. The Morgan fingerprint density at radius 3 is 2.54 bits per heavy atom. The normalized spacial score (nSPS) is 10.7. The van der Waals surface area contributed by atoms with Crippen molar-refractivity contribution < 1.29 is 9.59 Å². The molecule has 1 aromatic carbocycles. The summed E-state index contributed by atoms with van der Waals surface area (Å²) in [6, 6.07) is 11.0. The Labute approximate surface area is 152 Å². The molecule has 3 aromatic rings. The molecule has 0 radical (unpaired) electrons. The average molecular weight is 350 g/mol. The minimum Gasteiger partial charge on any atom is -0.326 e. The number of hydrogen-bond acceptors (Lipinski definition) is 3. The van der Waals surface area contributed by atoms with E-state index in [1.54, 1.807) is 24.3 Å². The molecule has 134 valence electrons. The summed E-state index contributed by atoms with van der Waals surface area (Å²) in [5.41, 5.74) is 4.41. The van der Waals surface area contributed by atoms with Crippen LogP contribution in [0.5, 0.6) is 0 Å². The number of amides is 2. The number of pyridine rings is 1. The molecule has 2 heterocycles. The van der Waals surface area contributed by atoms with E-state index in [1.807, 2.05) is 29.7 Å². The van der Waals surface area contributed by atoms with Gasteiger partial charge in [-0.25, -0.2) is 4.98 Å². The molecule has 6 heteroatoms. The lowest BCUT2D eigenvalue weighted by atomic mass is 10.2. The van der Waals surface area contributed by atoms with Gasteiger partial charge in [-0.2, -0.15) is 0 Å². The summed E-state index contributed by atoms with van der Waals surface area (Å²) in [6.07, 6.45) is 3.56. The van der Waals surface area contributed by atoms with Gasteiger partial charge < -0.3 is 10.6 Å². The number of nitrogens with one attached hydrogen (secondary N) is 2. The number of aromatic nitrogens is 2. The Morgan fingerprint density at radius 2 is 1.85 bits per heavy atom. The van der Waals surface area contributed by atoms with Crippen molar-refractivity contribution in [3.05, 3.63) is 59.5 Å². The Balaban J connectivity index is 1.95. The van der Waals surface area contributed by atoms with Crippen molar-refractivity contribution >= 4 is 28.8 Å². The second kappa shape index (κ2) is 7.39. The van der Waals surface area contributed by atoms with Crippen LogP contribution >= 0.6 is 0 Å². The van der Waals surface area contributed by atoms with Crippen LogP contribution < -0.4 is 10.6 Å². The van der Waals surface area contributed by atoms with Gasteiger partial charge in [-0.1, -0.05) is 25.5 Å². The Kier molecular flexibility index (Phi) is 5.02. The van der Waals surface area contributed by atoms with Crippen molar-refractivity contribution in [1.82, 2.24) is 9.38 Å². The molecule has 2 N–H and O–H groups in total. The van der Waals surface area contributed by atoms with Gasteiger partial charge in [0.15, 0.2) is 0 Å². The van der Waals surface area contributed by atoms with Crippen LogP contribution in [0.1, 0.15) is 42.0 Å². The fraction of sp³-hybridized carbons (Fsp3) is 0.250. The number of carbonyl (C=O) groups excluding carboxylic acids is 2. The molecule has 0 atom stereocenters. The minimum absolute atomic E-state index is 0.157. The lowest BCUT2D eigenvalue weighted by Gasteiger charge is -2.09. The maximum absolute atomic E-state index is 13.0. The standard InChI is InChI=1S/C20H22N4O2/c1-4-6-17-19(24-12-13(2)9-10-18(24)23-17)20(26)22-16-8-5-7-15(11-16)21-14(3)25/h5,7-12H,4,6H2,1-3H3,(H,21,25)(H,22,26). The first-order valence-electron chi connectivity index (χ1n) is 8.64.